The predicted molar refractivity (Wildman–Crippen MR) is 102 cm³/mol. The third-order valence-electron chi connectivity index (χ3n) is 3.65. The van der Waals surface area contributed by atoms with Crippen LogP contribution in [0.2, 0.25) is 0 Å². The molecule has 0 atom stereocenters. The van der Waals surface area contributed by atoms with Gasteiger partial charge in [0.05, 0.1) is 6.61 Å². The predicted octanol–water partition coefficient (Wildman–Crippen LogP) is 4.50. The minimum absolute atomic E-state index is 0.317. The summed E-state index contributed by atoms with van der Waals surface area (Å²) in [6, 6.07) is 15.3. The van der Waals surface area contributed by atoms with Crippen molar-refractivity contribution in [3.8, 4) is 16.9 Å². The molecule has 0 aromatic heterocycles. The summed E-state index contributed by atoms with van der Waals surface area (Å²) in [6.45, 7) is 10.7. The molecule has 0 amide bonds. The van der Waals surface area contributed by atoms with Crippen molar-refractivity contribution in [1.82, 2.24) is 0 Å². The molecule has 0 aliphatic rings. The van der Waals surface area contributed by atoms with E-state index < -0.39 is 5.97 Å². The van der Waals surface area contributed by atoms with E-state index in [2.05, 4.69) is 13.2 Å². The lowest BCUT2D eigenvalue weighted by Gasteiger charge is -2.08. The van der Waals surface area contributed by atoms with E-state index in [4.69, 9.17) is 9.47 Å². The molecule has 0 spiro atoms. The second kappa shape index (κ2) is 8.81. The number of esters is 2. The minimum atomic E-state index is -0.443. The van der Waals surface area contributed by atoms with Gasteiger partial charge in [0.1, 0.15) is 5.75 Å². The van der Waals surface area contributed by atoms with Gasteiger partial charge in [0.2, 0.25) is 0 Å². The van der Waals surface area contributed by atoms with E-state index in [0.717, 1.165) is 16.7 Å². The molecule has 2 aromatic rings. The Kier molecular flexibility index (Phi) is 6.50. The van der Waals surface area contributed by atoms with Crippen LogP contribution < -0.4 is 4.74 Å². The van der Waals surface area contributed by atoms with Gasteiger partial charge in [-0.2, -0.15) is 0 Å². The van der Waals surface area contributed by atoms with Crippen molar-refractivity contribution >= 4 is 11.9 Å². The van der Waals surface area contributed by atoms with Crippen LogP contribution in [0.25, 0.3) is 11.1 Å². The van der Waals surface area contributed by atoms with Crippen LogP contribution in [-0.4, -0.2) is 18.5 Å². The van der Waals surface area contributed by atoms with Gasteiger partial charge in [-0.15, -0.1) is 0 Å². The van der Waals surface area contributed by atoms with Gasteiger partial charge in [0.25, 0.3) is 0 Å². The van der Waals surface area contributed by atoms with Crippen LogP contribution in [0.1, 0.15) is 19.4 Å². The lowest BCUT2D eigenvalue weighted by Crippen LogP contribution is -2.08. The first kappa shape index (κ1) is 19.2. The number of hydrogen-bond acceptors (Lipinski definition) is 4. The lowest BCUT2D eigenvalue weighted by molar-refractivity contribution is -0.138. The van der Waals surface area contributed by atoms with Crippen LogP contribution in [0.5, 0.6) is 5.75 Å². The summed E-state index contributed by atoms with van der Waals surface area (Å²) in [6.07, 6.45) is 0.634. The van der Waals surface area contributed by atoms with E-state index in [1.807, 2.05) is 42.5 Å². The van der Waals surface area contributed by atoms with Gasteiger partial charge in [-0.25, -0.2) is 9.59 Å². The summed E-state index contributed by atoms with van der Waals surface area (Å²) in [5.41, 5.74) is 3.76. The maximum absolute atomic E-state index is 11.6. The molecule has 0 saturated carbocycles. The maximum Gasteiger partial charge on any atom is 0.338 e. The Morgan fingerprint density at radius 3 is 2.15 bits per heavy atom. The van der Waals surface area contributed by atoms with E-state index >= 15 is 0 Å². The lowest BCUT2D eigenvalue weighted by atomic mass is 10.0. The fourth-order valence-electron chi connectivity index (χ4n) is 2.18. The molecule has 0 heterocycles. The van der Waals surface area contributed by atoms with Gasteiger partial charge in [-0.1, -0.05) is 49.6 Å². The van der Waals surface area contributed by atoms with Gasteiger partial charge in [0, 0.05) is 17.6 Å². The molecule has 0 aliphatic heterocycles. The molecule has 2 aromatic carbocycles. The number of hydrogen-bond donors (Lipinski definition) is 0. The average Bonchev–Trinajstić information content (AvgIpc) is 2.62. The van der Waals surface area contributed by atoms with Crippen molar-refractivity contribution in [2.45, 2.75) is 20.3 Å². The summed E-state index contributed by atoms with van der Waals surface area (Å²) in [7, 11) is 0. The SMILES string of the molecule is C=C(C)C(=O)OCCc1ccc(-c2cccc(OC(=O)C(=C)C)c2)cc1. The van der Waals surface area contributed by atoms with Crippen molar-refractivity contribution in [2.75, 3.05) is 6.61 Å². The van der Waals surface area contributed by atoms with Crippen LogP contribution in [0, 0.1) is 0 Å². The van der Waals surface area contributed by atoms with E-state index in [1.54, 1.807) is 19.9 Å². The zero-order valence-corrected chi connectivity index (χ0v) is 15.1. The molecule has 2 rings (SSSR count). The second-order valence-corrected chi connectivity index (χ2v) is 6.06. The van der Waals surface area contributed by atoms with E-state index in [-0.39, 0.29) is 5.97 Å². The molecule has 4 heteroatoms. The first-order valence-electron chi connectivity index (χ1n) is 8.26. The molecule has 134 valence electrons. The number of carbonyl (C=O) groups is 2. The fraction of sp³-hybridized carbons (Fsp3) is 0.182. The summed E-state index contributed by atoms with van der Waals surface area (Å²) in [5.74, 6) is -0.337. The highest BCUT2D eigenvalue weighted by atomic mass is 16.5. The summed E-state index contributed by atoms with van der Waals surface area (Å²) < 4.78 is 10.4. The average molecular weight is 350 g/mol. The highest BCUT2D eigenvalue weighted by Crippen LogP contribution is 2.24. The topological polar surface area (TPSA) is 52.6 Å². The Hall–Kier alpha value is -3.14. The normalized spacial score (nSPS) is 10.1. The van der Waals surface area contributed by atoms with Crippen LogP contribution in [0.15, 0.2) is 72.8 Å². The van der Waals surface area contributed by atoms with E-state index in [1.165, 1.54) is 0 Å². The Balaban J connectivity index is 2.01. The van der Waals surface area contributed by atoms with Crippen LogP contribution in [-0.2, 0) is 20.7 Å². The Labute approximate surface area is 153 Å². The smallest absolute Gasteiger partial charge is 0.338 e. The Morgan fingerprint density at radius 1 is 0.885 bits per heavy atom. The summed E-state index contributed by atoms with van der Waals surface area (Å²) in [5, 5.41) is 0. The maximum atomic E-state index is 11.6. The standard InChI is InChI=1S/C22H22O4/c1-15(2)21(23)25-13-12-17-8-10-18(11-9-17)19-6-5-7-20(14-19)26-22(24)16(3)4/h5-11,14H,1,3,12-13H2,2,4H3. The molecular formula is C22H22O4. The molecule has 0 aliphatic carbocycles. The molecule has 0 radical (unpaired) electrons. The zero-order chi connectivity index (χ0) is 19.1. The molecule has 0 saturated heterocycles. The highest BCUT2D eigenvalue weighted by Gasteiger charge is 2.07. The largest absolute Gasteiger partial charge is 0.462 e. The molecule has 0 bridgehead atoms. The summed E-state index contributed by atoms with van der Waals surface area (Å²) in [4.78, 5) is 23.0. The number of ether oxygens (including phenoxy) is 2. The Morgan fingerprint density at radius 2 is 1.54 bits per heavy atom. The third-order valence-corrected chi connectivity index (χ3v) is 3.65. The molecule has 0 N–H and O–H groups in total. The van der Waals surface area contributed by atoms with Crippen molar-refractivity contribution in [3.05, 3.63) is 78.4 Å². The van der Waals surface area contributed by atoms with Crippen LogP contribution in [0.3, 0.4) is 0 Å². The highest BCUT2D eigenvalue weighted by molar-refractivity contribution is 5.89. The second-order valence-electron chi connectivity index (χ2n) is 6.06. The van der Waals surface area contributed by atoms with Crippen LogP contribution >= 0.6 is 0 Å². The molecule has 0 unspecified atom stereocenters. The van der Waals surface area contributed by atoms with Crippen molar-refractivity contribution in [3.63, 3.8) is 0 Å². The van der Waals surface area contributed by atoms with Crippen molar-refractivity contribution < 1.29 is 19.1 Å². The van der Waals surface area contributed by atoms with Crippen molar-refractivity contribution in [2.24, 2.45) is 0 Å². The fourth-order valence-corrected chi connectivity index (χ4v) is 2.18. The first-order valence-corrected chi connectivity index (χ1v) is 8.26. The number of carbonyl (C=O) groups excluding carboxylic acids is 2. The van der Waals surface area contributed by atoms with E-state index in [0.29, 0.717) is 29.9 Å². The van der Waals surface area contributed by atoms with Crippen molar-refractivity contribution in [1.29, 1.82) is 0 Å². The molecule has 4 nitrogen and oxygen atoms in total. The third kappa shape index (κ3) is 5.45. The van der Waals surface area contributed by atoms with Gasteiger partial charge in [-0.05, 0) is 42.7 Å². The molecule has 0 fully saturated rings. The Bertz CT molecular complexity index is 831. The van der Waals surface area contributed by atoms with Gasteiger partial charge in [-0.3, -0.25) is 0 Å². The van der Waals surface area contributed by atoms with Crippen LogP contribution in [0.4, 0.5) is 0 Å². The monoisotopic (exact) mass is 350 g/mol. The summed E-state index contributed by atoms with van der Waals surface area (Å²) >= 11 is 0. The molecular weight excluding hydrogens is 328 g/mol. The first-order chi connectivity index (χ1) is 12.4. The minimum Gasteiger partial charge on any atom is -0.462 e. The van der Waals surface area contributed by atoms with E-state index in [9.17, 15) is 9.59 Å². The quantitative estimate of drug-likeness (QED) is 0.419. The zero-order valence-electron chi connectivity index (χ0n) is 15.1. The molecule has 26 heavy (non-hydrogen) atoms. The number of benzene rings is 2. The van der Waals surface area contributed by atoms with Gasteiger partial charge >= 0.3 is 11.9 Å². The van der Waals surface area contributed by atoms with Gasteiger partial charge < -0.3 is 9.47 Å². The number of rotatable bonds is 7. The van der Waals surface area contributed by atoms with Gasteiger partial charge in [0.15, 0.2) is 0 Å².